The lowest BCUT2D eigenvalue weighted by atomic mass is 10.1. The van der Waals surface area contributed by atoms with Gasteiger partial charge in [0.2, 0.25) is 11.8 Å². The molecule has 1 aliphatic rings. The number of ether oxygens (including phenoxy) is 1. The van der Waals surface area contributed by atoms with E-state index in [1.807, 2.05) is 49.4 Å². The highest BCUT2D eigenvalue weighted by molar-refractivity contribution is 7.99. The van der Waals surface area contributed by atoms with E-state index in [2.05, 4.69) is 17.4 Å². The minimum atomic E-state index is -0.427. The quantitative estimate of drug-likeness (QED) is 0.484. The van der Waals surface area contributed by atoms with Crippen molar-refractivity contribution in [3.63, 3.8) is 0 Å². The number of methoxy groups -OCH3 is 1. The van der Waals surface area contributed by atoms with Crippen molar-refractivity contribution in [2.24, 2.45) is 0 Å². The summed E-state index contributed by atoms with van der Waals surface area (Å²) < 4.78 is 5.21. The van der Waals surface area contributed by atoms with E-state index in [-0.39, 0.29) is 17.9 Å². The van der Waals surface area contributed by atoms with E-state index < -0.39 is 6.04 Å². The highest BCUT2D eigenvalue weighted by Gasteiger charge is 2.30. The molecule has 1 atom stereocenters. The summed E-state index contributed by atoms with van der Waals surface area (Å²) in [5.74, 6) is 1.94. The normalized spacial score (nSPS) is 14.6. The molecule has 3 rings (SSSR count). The van der Waals surface area contributed by atoms with Crippen LogP contribution < -0.4 is 10.1 Å². The first-order valence-corrected chi connectivity index (χ1v) is 13.1. The van der Waals surface area contributed by atoms with Gasteiger partial charge in [-0.3, -0.25) is 9.59 Å². The molecule has 178 valence electrons. The van der Waals surface area contributed by atoms with Gasteiger partial charge in [0.1, 0.15) is 11.8 Å². The average molecular weight is 469 g/mol. The second kappa shape index (κ2) is 13.3. The molecular weight excluding hydrogens is 432 g/mol. The molecule has 1 aliphatic carbocycles. The number of thioether (sulfide) groups is 1. The maximum atomic E-state index is 13.3. The molecular formula is C27H36N2O3S. The van der Waals surface area contributed by atoms with Crippen molar-refractivity contribution in [3.05, 3.63) is 65.7 Å². The summed E-state index contributed by atoms with van der Waals surface area (Å²) in [6.45, 7) is 2.54. The van der Waals surface area contributed by atoms with Gasteiger partial charge in [-0.25, -0.2) is 0 Å². The lowest BCUT2D eigenvalue weighted by Gasteiger charge is -2.31. The van der Waals surface area contributed by atoms with Crippen molar-refractivity contribution >= 4 is 23.6 Å². The maximum Gasteiger partial charge on any atom is 0.243 e. The van der Waals surface area contributed by atoms with Gasteiger partial charge in [-0.05, 0) is 48.9 Å². The van der Waals surface area contributed by atoms with Gasteiger partial charge in [0, 0.05) is 18.3 Å². The Morgan fingerprint density at radius 1 is 1.06 bits per heavy atom. The monoisotopic (exact) mass is 468 g/mol. The smallest absolute Gasteiger partial charge is 0.243 e. The summed E-state index contributed by atoms with van der Waals surface area (Å²) in [6.07, 6.45) is 5.77. The summed E-state index contributed by atoms with van der Waals surface area (Å²) in [7, 11) is 1.65. The molecule has 33 heavy (non-hydrogen) atoms. The molecule has 1 N–H and O–H groups in total. The fourth-order valence-electron chi connectivity index (χ4n) is 4.32. The van der Waals surface area contributed by atoms with Crippen LogP contribution in [0.4, 0.5) is 0 Å². The molecule has 2 aromatic carbocycles. The summed E-state index contributed by atoms with van der Waals surface area (Å²) in [5, 5.41) is 3.20. The van der Waals surface area contributed by atoms with E-state index in [4.69, 9.17) is 4.74 Å². The first kappa shape index (κ1) is 25.2. The lowest BCUT2D eigenvalue weighted by Crippen LogP contribution is -2.52. The van der Waals surface area contributed by atoms with Gasteiger partial charge >= 0.3 is 0 Å². The number of hydrogen-bond donors (Lipinski definition) is 1. The van der Waals surface area contributed by atoms with Crippen molar-refractivity contribution in [2.45, 2.75) is 63.3 Å². The summed E-state index contributed by atoms with van der Waals surface area (Å²) >= 11 is 1.59. The summed E-state index contributed by atoms with van der Waals surface area (Å²) in [6, 6.07) is 17.9. The lowest BCUT2D eigenvalue weighted by molar-refractivity contribution is -0.139. The highest BCUT2D eigenvalue weighted by Crippen LogP contribution is 2.20. The van der Waals surface area contributed by atoms with E-state index >= 15 is 0 Å². The molecule has 1 saturated carbocycles. The van der Waals surface area contributed by atoms with Gasteiger partial charge in [-0.2, -0.15) is 0 Å². The Hall–Kier alpha value is -2.47. The Morgan fingerprint density at radius 2 is 1.76 bits per heavy atom. The van der Waals surface area contributed by atoms with E-state index in [9.17, 15) is 9.59 Å². The van der Waals surface area contributed by atoms with E-state index in [0.29, 0.717) is 18.7 Å². The van der Waals surface area contributed by atoms with Crippen LogP contribution in [0.15, 0.2) is 54.6 Å². The number of hydrogen-bond acceptors (Lipinski definition) is 4. The average Bonchev–Trinajstić information content (AvgIpc) is 3.35. The van der Waals surface area contributed by atoms with Crippen molar-refractivity contribution in [1.82, 2.24) is 10.2 Å². The molecule has 0 spiro atoms. The van der Waals surface area contributed by atoms with Crippen LogP contribution in [0.5, 0.6) is 5.75 Å². The molecule has 1 fully saturated rings. The third-order valence-electron chi connectivity index (χ3n) is 6.22. The van der Waals surface area contributed by atoms with Gasteiger partial charge in [0.05, 0.1) is 12.9 Å². The fraction of sp³-hybridized carbons (Fsp3) is 0.481. The van der Waals surface area contributed by atoms with Crippen molar-refractivity contribution < 1.29 is 14.3 Å². The van der Waals surface area contributed by atoms with E-state index in [0.717, 1.165) is 36.3 Å². The van der Waals surface area contributed by atoms with E-state index in [1.165, 1.54) is 18.4 Å². The van der Waals surface area contributed by atoms with Gasteiger partial charge in [-0.1, -0.05) is 62.2 Å². The molecule has 0 saturated heterocycles. The van der Waals surface area contributed by atoms with Crippen molar-refractivity contribution in [1.29, 1.82) is 0 Å². The number of amides is 2. The van der Waals surface area contributed by atoms with Gasteiger partial charge in [0.25, 0.3) is 0 Å². The van der Waals surface area contributed by atoms with Crippen LogP contribution in [0.2, 0.25) is 0 Å². The second-order valence-electron chi connectivity index (χ2n) is 8.58. The number of carbonyl (C=O) groups is 2. The second-order valence-corrected chi connectivity index (χ2v) is 9.56. The number of nitrogens with one attached hydrogen (secondary N) is 1. The Labute approximate surface area is 202 Å². The zero-order valence-corrected chi connectivity index (χ0v) is 20.6. The van der Waals surface area contributed by atoms with Crippen LogP contribution in [-0.4, -0.2) is 48.2 Å². The van der Waals surface area contributed by atoms with Crippen LogP contribution in [-0.2, 0) is 21.8 Å². The number of rotatable bonds is 12. The van der Waals surface area contributed by atoms with Gasteiger partial charge in [-0.15, -0.1) is 11.8 Å². The van der Waals surface area contributed by atoms with Crippen molar-refractivity contribution in [3.8, 4) is 5.75 Å². The zero-order valence-electron chi connectivity index (χ0n) is 19.8. The Kier molecular flexibility index (Phi) is 10.1. The predicted octanol–water partition coefficient (Wildman–Crippen LogP) is 4.84. The SMILES string of the molecule is CCC(C(=O)NC1CCCC1)N(CCc1ccccc1)C(=O)CSCc1ccc(OC)cc1. The Balaban J connectivity index is 1.62. The van der Waals surface area contributed by atoms with Crippen LogP contribution in [0.1, 0.15) is 50.2 Å². The Bertz CT molecular complexity index is 867. The van der Waals surface area contributed by atoms with Crippen LogP contribution in [0, 0.1) is 0 Å². The molecule has 6 heteroatoms. The molecule has 0 heterocycles. The summed E-state index contributed by atoms with van der Waals surface area (Å²) in [5.41, 5.74) is 2.32. The third kappa shape index (κ3) is 7.81. The zero-order chi connectivity index (χ0) is 23.5. The highest BCUT2D eigenvalue weighted by atomic mass is 32.2. The van der Waals surface area contributed by atoms with Gasteiger partial charge < -0.3 is 15.0 Å². The largest absolute Gasteiger partial charge is 0.497 e. The predicted molar refractivity (Wildman–Crippen MR) is 135 cm³/mol. The standard InChI is InChI=1S/C27H36N2O3S/c1-3-25(27(31)28-23-11-7-8-12-23)29(18-17-21-9-5-4-6-10-21)26(30)20-33-19-22-13-15-24(32-2)16-14-22/h4-6,9-10,13-16,23,25H,3,7-8,11-12,17-20H2,1-2H3,(H,28,31). The molecule has 0 aromatic heterocycles. The van der Waals surface area contributed by atoms with Crippen LogP contribution in [0.25, 0.3) is 0 Å². The van der Waals surface area contributed by atoms with E-state index in [1.54, 1.807) is 23.8 Å². The van der Waals surface area contributed by atoms with Crippen LogP contribution in [0.3, 0.4) is 0 Å². The van der Waals surface area contributed by atoms with Crippen molar-refractivity contribution in [2.75, 3.05) is 19.4 Å². The first-order valence-electron chi connectivity index (χ1n) is 11.9. The molecule has 0 aliphatic heterocycles. The Morgan fingerprint density at radius 3 is 2.39 bits per heavy atom. The van der Waals surface area contributed by atoms with Crippen LogP contribution >= 0.6 is 11.8 Å². The third-order valence-corrected chi connectivity index (χ3v) is 7.21. The first-order chi connectivity index (χ1) is 16.1. The minimum absolute atomic E-state index is 0.00836. The number of benzene rings is 2. The molecule has 0 bridgehead atoms. The molecule has 2 aromatic rings. The minimum Gasteiger partial charge on any atom is -0.497 e. The molecule has 5 nitrogen and oxygen atoms in total. The molecule has 0 radical (unpaired) electrons. The fourth-order valence-corrected chi connectivity index (χ4v) is 5.19. The van der Waals surface area contributed by atoms with Gasteiger partial charge in [0.15, 0.2) is 0 Å². The summed E-state index contributed by atoms with van der Waals surface area (Å²) in [4.78, 5) is 28.2. The molecule has 2 amide bonds. The molecule has 1 unspecified atom stereocenters. The topological polar surface area (TPSA) is 58.6 Å². The maximum absolute atomic E-state index is 13.3. The number of carbonyl (C=O) groups excluding carboxylic acids is 2. The number of nitrogens with zero attached hydrogens (tertiary/aromatic N) is 1.